The van der Waals surface area contributed by atoms with E-state index in [1.807, 2.05) is 0 Å². The molecule has 0 atom stereocenters. The van der Waals surface area contributed by atoms with Crippen molar-refractivity contribution in [3.05, 3.63) is 29.6 Å². The van der Waals surface area contributed by atoms with Crippen molar-refractivity contribution in [1.29, 1.82) is 0 Å². The van der Waals surface area contributed by atoms with Gasteiger partial charge in [-0.1, -0.05) is 0 Å². The molecule has 0 radical (unpaired) electrons. The molecule has 0 amide bonds. The first kappa shape index (κ1) is 12.1. The molecule has 1 aromatic rings. The first-order valence-electron chi connectivity index (χ1n) is 3.96. The molecule has 0 saturated heterocycles. The number of hydrogen-bond acceptors (Lipinski definition) is 1. The van der Waals surface area contributed by atoms with E-state index in [-0.39, 0.29) is 11.6 Å². The van der Waals surface area contributed by atoms with Gasteiger partial charge in [-0.05, 0) is 17.7 Å². The van der Waals surface area contributed by atoms with Crippen LogP contribution in [0.4, 0.5) is 17.6 Å². The highest BCUT2D eigenvalue weighted by Crippen LogP contribution is 2.21. The zero-order valence-electron chi connectivity index (χ0n) is 7.44. The molecule has 15 heavy (non-hydrogen) atoms. The van der Waals surface area contributed by atoms with Crippen LogP contribution in [0, 0.1) is 5.82 Å². The van der Waals surface area contributed by atoms with E-state index in [0.717, 1.165) is 12.1 Å². The van der Waals surface area contributed by atoms with Gasteiger partial charge in [0.05, 0.1) is 0 Å². The van der Waals surface area contributed by atoms with Crippen LogP contribution in [0.2, 0.25) is 0 Å². The summed E-state index contributed by atoms with van der Waals surface area (Å²) in [5.41, 5.74) is 0.369. The molecular weight excluding hydrogens is 236 g/mol. The first-order valence-corrected chi connectivity index (χ1v) is 4.49. The number of rotatable bonds is 3. The molecule has 0 aliphatic rings. The molecule has 0 spiro atoms. The lowest BCUT2D eigenvalue weighted by atomic mass is 10.2. The van der Waals surface area contributed by atoms with Crippen molar-refractivity contribution >= 4 is 11.6 Å². The molecule has 0 heterocycles. The highest BCUT2D eigenvalue weighted by atomic mass is 35.5. The highest BCUT2D eigenvalue weighted by Gasteiger charge is 2.28. The lowest BCUT2D eigenvalue weighted by molar-refractivity contribution is -0.153. The predicted octanol–water partition coefficient (Wildman–Crippen LogP) is 3.51. The predicted molar refractivity (Wildman–Crippen MR) is 47.5 cm³/mol. The van der Waals surface area contributed by atoms with Crippen LogP contribution in [0.25, 0.3) is 0 Å². The Bertz CT molecular complexity index is 337. The summed E-state index contributed by atoms with van der Waals surface area (Å²) in [7, 11) is 0. The monoisotopic (exact) mass is 242 g/mol. The average molecular weight is 243 g/mol. The Morgan fingerprint density at radius 2 is 1.87 bits per heavy atom. The van der Waals surface area contributed by atoms with Crippen molar-refractivity contribution in [3.8, 4) is 5.75 Å². The minimum atomic E-state index is -4.44. The molecule has 84 valence electrons. The van der Waals surface area contributed by atoms with E-state index in [9.17, 15) is 17.6 Å². The lowest BCUT2D eigenvalue weighted by Gasteiger charge is -2.09. The van der Waals surface area contributed by atoms with Crippen molar-refractivity contribution in [1.82, 2.24) is 0 Å². The van der Waals surface area contributed by atoms with E-state index in [2.05, 4.69) is 4.74 Å². The summed E-state index contributed by atoms with van der Waals surface area (Å²) < 4.78 is 52.5. The number of hydrogen-bond donors (Lipinski definition) is 0. The van der Waals surface area contributed by atoms with Gasteiger partial charge in [0.25, 0.3) is 0 Å². The van der Waals surface area contributed by atoms with Crippen molar-refractivity contribution in [2.75, 3.05) is 6.61 Å². The van der Waals surface area contributed by atoms with E-state index in [0.29, 0.717) is 5.56 Å². The van der Waals surface area contributed by atoms with Crippen LogP contribution in [0.15, 0.2) is 18.2 Å². The van der Waals surface area contributed by atoms with Crippen LogP contribution in [0.5, 0.6) is 5.75 Å². The Morgan fingerprint density at radius 3 is 2.40 bits per heavy atom. The van der Waals surface area contributed by atoms with E-state index in [4.69, 9.17) is 11.6 Å². The third kappa shape index (κ3) is 4.38. The van der Waals surface area contributed by atoms with E-state index >= 15 is 0 Å². The smallest absolute Gasteiger partial charge is 0.422 e. The fourth-order valence-electron chi connectivity index (χ4n) is 0.946. The maximum atomic E-state index is 12.8. The Kier molecular flexibility index (Phi) is 3.79. The van der Waals surface area contributed by atoms with Gasteiger partial charge in [0.15, 0.2) is 6.61 Å². The third-order valence-electron chi connectivity index (χ3n) is 1.49. The largest absolute Gasteiger partial charge is 0.484 e. The summed E-state index contributed by atoms with van der Waals surface area (Å²) in [5.74, 6) is -0.839. The summed E-state index contributed by atoms with van der Waals surface area (Å²) in [6, 6.07) is 3.27. The summed E-state index contributed by atoms with van der Waals surface area (Å²) in [5, 5.41) is 0. The maximum absolute atomic E-state index is 12.8. The van der Waals surface area contributed by atoms with Gasteiger partial charge in [-0.15, -0.1) is 11.6 Å². The molecule has 0 unspecified atom stereocenters. The fourth-order valence-corrected chi connectivity index (χ4v) is 1.10. The van der Waals surface area contributed by atoms with E-state index in [1.165, 1.54) is 6.07 Å². The molecule has 1 nitrogen and oxygen atoms in total. The van der Waals surface area contributed by atoms with E-state index < -0.39 is 18.6 Å². The van der Waals surface area contributed by atoms with Gasteiger partial charge in [0.1, 0.15) is 11.6 Å². The van der Waals surface area contributed by atoms with Crippen molar-refractivity contribution < 1.29 is 22.3 Å². The van der Waals surface area contributed by atoms with E-state index in [1.54, 1.807) is 0 Å². The SMILES string of the molecule is Fc1cc(CCl)cc(OCC(F)(F)F)c1. The Labute approximate surface area is 88.6 Å². The van der Waals surface area contributed by atoms with Gasteiger partial charge < -0.3 is 4.74 Å². The van der Waals surface area contributed by atoms with Crippen molar-refractivity contribution in [2.45, 2.75) is 12.1 Å². The molecular formula is C9H7ClF4O. The molecule has 0 aliphatic heterocycles. The van der Waals surface area contributed by atoms with Gasteiger partial charge in [0.2, 0.25) is 0 Å². The molecule has 0 bridgehead atoms. The summed E-state index contributed by atoms with van der Waals surface area (Å²) in [6.07, 6.45) is -4.44. The third-order valence-corrected chi connectivity index (χ3v) is 1.80. The van der Waals surface area contributed by atoms with Crippen LogP contribution in [-0.2, 0) is 5.88 Å². The Hall–Kier alpha value is -0.970. The van der Waals surface area contributed by atoms with Crippen LogP contribution < -0.4 is 4.74 Å². The highest BCUT2D eigenvalue weighted by molar-refractivity contribution is 6.17. The molecule has 1 aromatic carbocycles. The normalized spacial score (nSPS) is 11.5. The van der Waals surface area contributed by atoms with Gasteiger partial charge in [-0.3, -0.25) is 0 Å². The quantitative estimate of drug-likeness (QED) is 0.582. The Balaban J connectivity index is 2.73. The van der Waals surface area contributed by atoms with Crippen molar-refractivity contribution in [2.24, 2.45) is 0 Å². The lowest BCUT2D eigenvalue weighted by Crippen LogP contribution is -2.19. The van der Waals surface area contributed by atoms with Gasteiger partial charge in [-0.2, -0.15) is 13.2 Å². The second-order valence-corrected chi connectivity index (χ2v) is 3.10. The molecule has 1 rings (SSSR count). The minimum absolute atomic E-state index is 0.0140. The molecule has 0 aromatic heterocycles. The molecule has 0 aliphatic carbocycles. The number of benzene rings is 1. The number of ether oxygens (including phenoxy) is 1. The first-order chi connectivity index (χ1) is 6.90. The second-order valence-electron chi connectivity index (χ2n) is 2.83. The minimum Gasteiger partial charge on any atom is -0.484 e. The second kappa shape index (κ2) is 4.70. The maximum Gasteiger partial charge on any atom is 0.422 e. The zero-order valence-corrected chi connectivity index (χ0v) is 8.20. The molecule has 0 fully saturated rings. The standard InChI is InChI=1S/C9H7ClF4O/c10-4-6-1-7(11)3-8(2-6)15-5-9(12,13)14/h1-3H,4-5H2. The van der Waals surface area contributed by atoms with Gasteiger partial charge in [0, 0.05) is 11.9 Å². The van der Waals surface area contributed by atoms with Crippen LogP contribution >= 0.6 is 11.6 Å². The number of alkyl halides is 4. The molecule has 0 saturated carbocycles. The number of halogens is 5. The average Bonchev–Trinajstić information content (AvgIpc) is 2.13. The summed E-state index contributed by atoms with van der Waals surface area (Å²) in [6.45, 7) is -1.45. The van der Waals surface area contributed by atoms with Crippen molar-refractivity contribution in [3.63, 3.8) is 0 Å². The topological polar surface area (TPSA) is 9.23 Å². The molecule has 6 heteroatoms. The van der Waals surface area contributed by atoms with Crippen LogP contribution in [0.1, 0.15) is 5.56 Å². The Morgan fingerprint density at radius 1 is 1.20 bits per heavy atom. The fraction of sp³-hybridized carbons (Fsp3) is 0.333. The van der Waals surface area contributed by atoms with Crippen LogP contribution in [0.3, 0.4) is 0 Å². The zero-order chi connectivity index (χ0) is 11.5. The summed E-state index contributed by atoms with van der Waals surface area (Å²) in [4.78, 5) is 0. The molecule has 0 N–H and O–H groups in total. The van der Waals surface area contributed by atoms with Crippen LogP contribution in [-0.4, -0.2) is 12.8 Å². The summed E-state index contributed by atoms with van der Waals surface area (Å²) >= 11 is 5.42. The van der Waals surface area contributed by atoms with Gasteiger partial charge in [-0.25, -0.2) is 4.39 Å². The van der Waals surface area contributed by atoms with Gasteiger partial charge >= 0.3 is 6.18 Å².